The number of nitrogens with two attached hydrogens (primary N) is 1. The molecule has 2 saturated carbocycles. The second-order valence-corrected chi connectivity index (χ2v) is 6.10. The molecule has 0 bridgehead atoms. The minimum absolute atomic E-state index is 0.586. The van der Waals surface area contributed by atoms with Crippen LogP contribution in [0.4, 0.5) is 5.13 Å². The van der Waals surface area contributed by atoms with Crippen molar-refractivity contribution in [3.05, 3.63) is 5.82 Å². The molecule has 0 unspecified atom stereocenters. The van der Waals surface area contributed by atoms with E-state index in [9.17, 15) is 0 Å². The molecule has 6 heteroatoms. The standard InChI is InChI=1S/C11H16N4S2/c12-9(16)5-6-15(8-3-4-8)11-13-10(14-17-11)7-1-2-7/h7-8H,1-6H2,(H2,12,16). The molecule has 0 aliphatic heterocycles. The van der Waals surface area contributed by atoms with Crippen molar-refractivity contribution >= 4 is 33.9 Å². The molecule has 0 amide bonds. The van der Waals surface area contributed by atoms with E-state index in [1.165, 1.54) is 37.2 Å². The van der Waals surface area contributed by atoms with Crippen LogP contribution >= 0.6 is 23.8 Å². The van der Waals surface area contributed by atoms with Gasteiger partial charge in [0.1, 0.15) is 5.82 Å². The third-order valence-electron chi connectivity index (χ3n) is 3.21. The van der Waals surface area contributed by atoms with Crippen molar-refractivity contribution in [2.75, 3.05) is 11.4 Å². The molecule has 1 aromatic rings. The molecule has 0 aromatic carbocycles. The lowest BCUT2D eigenvalue weighted by molar-refractivity contribution is 0.792. The molecule has 2 aliphatic carbocycles. The lowest BCUT2D eigenvalue weighted by Crippen LogP contribution is -2.29. The zero-order valence-electron chi connectivity index (χ0n) is 9.63. The van der Waals surface area contributed by atoms with E-state index in [4.69, 9.17) is 18.0 Å². The summed E-state index contributed by atoms with van der Waals surface area (Å²) in [6.45, 7) is 0.888. The number of anilines is 1. The first-order valence-electron chi connectivity index (χ1n) is 6.12. The highest BCUT2D eigenvalue weighted by Crippen LogP contribution is 2.41. The molecule has 2 aliphatic rings. The predicted molar refractivity (Wildman–Crippen MR) is 73.7 cm³/mol. The maximum absolute atomic E-state index is 5.57. The highest BCUT2D eigenvalue weighted by molar-refractivity contribution is 7.80. The Morgan fingerprint density at radius 2 is 2.18 bits per heavy atom. The second-order valence-electron chi connectivity index (χ2n) is 4.85. The third-order valence-corrected chi connectivity index (χ3v) is 4.18. The van der Waals surface area contributed by atoms with E-state index in [1.54, 1.807) is 0 Å². The minimum atomic E-state index is 0.586. The molecule has 0 saturated heterocycles. The third kappa shape index (κ3) is 2.74. The SMILES string of the molecule is NC(=S)CCN(c1nc(C2CC2)ns1)C1CC1. The van der Waals surface area contributed by atoms with Crippen molar-refractivity contribution in [1.29, 1.82) is 0 Å². The highest BCUT2D eigenvalue weighted by Gasteiger charge is 2.33. The molecule has 17 heavy (non-hydrogen) atoms. The van der Waals surface area contributed by atoms with E-state index >= 15 is 0 Å². The van der Waals surface area contributed by atoms with Gasteiger partial charge in [0.25, 0.3) is 0 Å². The summed E-state index contributed by atoms with van der Waals surface area (Å²) < 4.78 is 4.46. The minimum Gasteiger partial charge on any atom is -0.393 e. The molecule has 1 aromatic heterocycles. The Morgan fingerprint density at radius 3 is 2.76 bits per heavy atom. The normalized spacial score (nSPS) is 19.3. The fraction of sp³-hybridized carbons (Fsp3) is 0.727. The van der Waals surface area contributed by atoms with Crippen LogP contribution in [0.5, 0.6) is 0 Å². The Hall–Kier alpha value is -0.750. The van der Waals surface area contributed by atoms with E-state index in [0.29, 0.717) is 16.9 Å². The molecule has 2 N–H and O–H groups in total. The average molecular weight is 268 g/mol. The van der Waals surface area contributed by atoms with Crippen LogP contribution < -0.4 is 10.6 Å². The van der Waals surface area contributed by atoms with Gasteiger partial charge < -0.3 is 10.6 Å². The number of aromatic nitrogens is 2. The van der Waals surface area contributed by atoms with Crippen molar-refractivity contribution in [3.63, 3.8) is 0 Å². The molecule has 4 nitrogen and oxygen atoms in total. The maximum atomic E-state index is 5.57. The fourth-order valence-electron chi connectivity index (χ4n) is 1.90. The fourth-order valence-corrected chi connectivity index (χ4v) is 2.84. The van der Waals surface area contributed by atoms with Crippen LogP contribution in [-0.2, 0) is 0 Å². The maximum Gasteiger partial charge on any atom is 0.205 e. The first kappa shape index (κ1) is 11.3. The monoisotopic (exact) mass is 268 g/mol. The Morgan fingerprint density at radius 1 is 1.41 bits per heavy atom. The first-order valence-corrected chi connectivity index (χ1v) is 7.31. The summed E-state index contributed by atoms with van der Waals surface area (Å²) >= 11 is 6.47. The van der Waals surface area contributed by atoms with Crippen molar-refractivity contribution < 1.29 is 0 Å². The first-order chi connectivity index (χ1) is 8.24. The summed E-state index contributed by atoms with van der Waals surface area (Å²) in [5.74, 6) is 1.68. The summed E-state index contributed by atoms with van der Waals surface area (Å²) in [7, 11) is 0. The van der Waals surface area contributed by atoms with Gasteiger partial charge in [-0.1, -0.05) is 12.2 Å². The zero-order valence-corrected chi connectivity index (χ0v) is 11.3. The lowest BCUT2D eigenvalue weighted by Gasteiger charge is -2.20. The quantitative estimate of drug-likeness (QED) is 0.800. The lowest BCUT2D eigenvalue weighted by atomic mass is 10.4. The Balaban J connectivity index is 1.69. The largest absolute Gasteiger partial charge is 0.393 e. The van der Waals surface area contributed by atoms with Crippen LogP contribution in [0.15, 0.2) is 0 Å². The van der Waals surface area contributed by atoms with Crippen molar-refractivity contribution in [3.8, 4) is 0 Å². The Kier molecular flexibility index (Phi) is 3.00. The van der Waals surface area contributed by atoms with Crippen LogP contribution in [0.1, 0.15) is 43.8 Å². The number of thiocarbonyl (C=S) groups is 1. The van der Waals surface area contributed by atoms with E-state index in [1.807, 2.05) is 0 Å². The second kappa shape index (κ2) is 4.49. The van der Waals surface area contributed by atoms with E-state index in [0.717, 1.165) is 23.9 Å². The van der Waals surface area contributed by atoms with Gasteiger partial charge in [-0.15, -0.1) is 0 Å². The van der Waals surface area contributed by atoms with Crippen molar-refractivity contribution in [2.45, 2.75) is 44.1 Å². The van der Waals surface area contributed by atoms with Crippen molar-refractivity contribution in [2.24, 2.45) is 5.73 Å². The Labute approximate surface area is 110 Å². The van der Waals surface area contributed by atoms with E-state index in [-0.39, 0.29) is 0 Å². The molecule has 3 rings (SSSR count). The Bertz CT molecular complexity index is 423. The molecule has 0 spiro atoms. The van der Waals surface area contributed by atoms with Gasteiger partial charge in [0, 0.05) is 36.5 Å². The van der Waals surface area contributed by atoms with Gasteiger partial charge in [0.2, 0.25) is 5.13 Å². The topological polar surface area (TPSA) is 55.0 Å². The van der Waals surface area contributed by atoms with Crippen molar-refractivity contribution in [1.82, 2.24) is 9.36 Å². The van der Waals surface area contributed by atoms with Crippen LogP contribution in [0.25, 0.3) is 0 Å². The van der Waals surface area contributed by atoms with Gasteiger partial charge in [-0.05, 0) is 25.7 Å². The van der Waals surface area contributed by atoms with Crippen LogP contribution in [0.2, 0.25) is 0 Å². The molecule has 2 fully saturated rings. The summed E-state index contributed by atoms with van der Waals surface area (Å²) in [5, 5.41) is 1.06. The summed E-state index contributed by atoms with van der Waals surface area (Å²) in [6.07, 6.45) is 5.80. The number of nitrogens with zero attached hydrogens (tertiary/aromatic N) is 3. The molecule has 92 valence electrons. The predicted octanol–water partition coefficient (Wildman–Crippen LogP) is 2.06. The summed E-state index contributed by atoms with van der Waals surface area (Å²) in [6, 6.07) is 0.643. The van der Waals surface area contributed by atoms with Crippen LogP contribution in [-0.4, -0.2) is 26.9 Å². The highest BCUT2D eigenvalue weighted by atomic mass is 32.1. The number of rotatable bonds is 6. The number of hydrogen-bond donors (Lipinski definition) is 1. The molecular weight excluding hydrogens is 252 g/mol. The van der Waals surface area contributed by atoms with Gasteiger partial charge in [0.05, 0.1) is 4.99 Å². The molecular formula is C11H16N4S2. The van der Waals surface area contributed by atoms with Crippen LogP contribution in [0.3, 0.4) is 0 Å². The molecule has 0 atom stereocenters. The number of hydrogen-bond acceptors (Lipinski definition) is 5. The molecule has 1 heterocycles. The van der Waals surface area contributed by atoms with E-state index < -0.39 is 0 Å². The van der Waals surface area contributed by atoms with Gasteiger partial charge in [-0.25, -0.2) is 4.98 Å². The van der Waals surface area contributed by atoms with E-state index in [2.05, 4.69) is 14.3 Å². The smallest absolute Gasteiger partial charge is 0.205 e. The van der Waals surface area contributed by atoms with Gasteiger partial charge >= 0.3 is 0 Å². The summed E-state index contributed by atoms with van der Waals surface area (Å²) in [4.78, 5) is 7.58. The molecule has 0 radical (unpaired) electrons. The van der Waals surface area contributed by atoms with Gasteiger partial charge in [-0.3, -0.25) is 0 Å². The van der Waals surface area contributed by atoms with Gasteiger partial charge in [0.15, 0.2) is 0 Å². The zero-order chi connectivity index (χ0) is 11.8. The van der Waals surface area contributed by atoms with Gasteiger partial charge in [-0.2, -0.15) is 4.37 Å². The van der Waals surface area contributed by atoms with Crippen LogP contribution in [0, 0.1) is 0 Å². The summed E-state index contributed by atoms with van der Waals surface area (Å²) in [5.41, 5.74) is 5.57. The average Bonchev–Trinajstić information content (AvgIpc) is 3.18.